The molecule has 9 nitrogen and oxygen atoms in total. The molecule has 0 aliphatic carbocycles. The number of esters is 1. The summed E-state index contributed by atoms with van der Waals surface area (Å²) >= 11 is 0. The van der Waals surface area contributed by atoms with Crippen LogP contribution in [0.2, 0.25) is 0 Å². The number of carbonyl (C=O) groups excluding carboxylic acids is 2. The van der Waals surface area contributed by atoms with Crippen LogP contribution in [-0.4, -0.2) is 57.7 Å². The highest BCUT2D eigenvalue weighted by atomic mass is 16.5. The summed E-state index contributed by atoms with van der Waals surface area (Å²) in [4.78, 5) is 33.5. The molecule has 1 fully saturated rings. The van der Waals surface area contributed by atoms with Gasteiger partial charge in [-0.2, -0.15) is 0 Å². The minimum Gasteiger partial charge on any atom is -0.463 e. The van der Waals surface area contributed by atoms with E-state index in [1.54, 1.807) is 19.2 Å². The van der Waals surface area contributed by atoms with E-state index in [1.807, 2.05) is 24.3 Å². The first-order chi connectivity index (χ1) is 13.9. The Morgan fingerprint density at radius 3 is 2.69 bits per heavy atom. The van der Waals surface area contributed by atoms with E-state index >= 15 is 0 Å². The van der Waals surface area contributed by atoms with Gasteiger partial charge >= 0.3 is 5.97 Å². The summed E-state index contributed by atoms with van der Waals surface area (Å²) in [5.41, 5.74) is 0.754. The first-order valence-electron chi connectivity index (χ1n) is 8.89. The summed E-state index contributed by atoms with van der Waals surface area (Å²) in [6, 6.07) is 10.5. The number of hydrogen-bond acceptors (Lipinski definition) is 8. The molecule has 0 bridgehead atoms. The molecule has 0 spiro atoms. The summed E-state index contributed by atoms with van der Waals surface area (Å²) in [5, 5.41) is 14.7. The lowest BCUT2D eigenvalue weighted by molar-refractivity contribution is -0.144. The van der Waals surface area contributed by atoms with Crippen LogP contribution in [-0.2, 0) is 15.1 Å². The van der Waals surface area contributed by atoms with Gasteiger partial charge in [-0.1, -0.05) is 23.4 Å². The molecule has 0 unspecified atom stereocenters. The Morgan fingerprint density at radius 1 is 1.24 bits per heavy atom. The molecule has 29 heavy (non-hydrogen) atoms. The zero-order valence-corrected chi connectivity index (χ0v) is 15.8. The van der Waals surface area contributed by atoms with Crippen LogP contribution in [0.15, 0.2) is 47.1 Å². The fraction of sp³-hybridized carbons (Fsp3) is 0.250. The number of aliphatic hydroxyl groups is 1. The zero-order chi connectivity index (χ0) is 20.6. The summed E-state index contributed by atoms with van der Waals surface area (Å²) in [5.74, 6) is -0.957. The smallest absolute Gasteiger partial charge is 0.376 e. The molecule has 0 radical (unpaired) electrons. The van der Waals surface area contributed by atoms with Gasteiger partial charge in [-0.3, -0.25) is 4.79 Å². The van der Waals surface area contributed by atoms with Crippen molar-refractivity contribution < 1.29 is 24.0 Å². The van der Waals surface area contributed by atoms with Crippen molar-refractivity contribution >= 4 is 11.9 Å². The summed E-state index contributed by atoms with van der Waals surface area (Å²) < 4.78 is 9.96. The molecule has 1 amide bonds. The number of methoxy groups -OCH3 is 1. The molecule has 3 aromatic rings. The van der Waals surface area contributed by atoms with Gasteiger partial charge in [0.1, 0.15) is 5.69 Å². The number of nitrogens with zero attached hydrogens (tertiary/aromatic N) is 4. The fourth-order valence-corrected chi connectivity index (χ4v) is 3.24. The molecule has 3 heterocycles. The van der Waals surface area contributed by atoms with Crippen LogP contribution in [0.5, 0.6) is 0 Å². The molecular weight excluding hydrogens is 376 g/mol. The van der Waals surface area contributed by atoms with Gasteiger partial charge < -0.3 is 19.3 Å². The van der Waals surface area contributed by atoms with Gasteiger partial charge in [0.2, 0.25) is 11.4 Å². The average Bonchev–Trinajstić information content (AvgIpc) is 3.36. The number of rotatable bonds is 4. The van der Waals surface area contributed by atoms with Crippen molar-refractivity contribution in [2.45, 2.75) is 12.0 Å². The molecule has 2 aromatic heterocycles. The minimum absolute atomic E-state index is 0.0368. The van der Waals surface area contributed by atoms with Crippen molar-refractivity contribution in [2.75, 3.05) is 20.7 Å². The van der Waals surface area contributed by atoms with Crippen molar-refractivity contribution in [3.8, 4) is 22.5 Å². The highest BCUT2D eigenvalue weighted by Crippen LogP contribution is 2.35. The number of amides is 1. The van der Waals surface area contributed by atoms with E-state index in [4.69, 9.17) is 4.52 Å². The second kappa shape index (κ2) is 7.10. The monoisotopic (exact) mass is 394 g/mol. The number of likely N-dealkylation sites (N-methyl/N-ethyl adjacent to an activating group) is 1. The van der Waals surface area contributed by atoms with Crippen molar-refractivity contribution in [1.29, 1.82) is 0 Å². The predicted octanol–water partition coefficient (Wildman–Crippen LogP) is 1.63. The van der Waals surface area contributed by atoms with E-state index in [2.05, 4.69) is 19.9 Å². The first-order valence-corrected chi connectivity index (χ1v) is 8.89. The van der Waals surface area contributed by atoms with Crippen molar-refractivity contribution in [2.24, 2.45) is 0 Å². The standard InChI is InChI=1S/C20H18N4O5/c1-24-9-7-20(27,19(24)26)16-11-15(23-29-16)13-5-3-4-12(10-13)14-6-8-21-17(22-14)18(25)28-2/h3-6,8,10-11,27H,7,9H2,1-2H3/t20-/m1/s1. The van der Waals surface area contributed by atoms with Gasteiger partial charge in [0, 0.05) is 43.4 Å². The SMILES string of the molecule is COC(=O)c1nccc(-c2cccc(-c3cc([C@]4(O)CCN(C)C4=O)on3)c2)n1. The Labute approximate surface area is 165 Å². The molecular formula is C20H18N4O5. The van der Waals surface area contributed by atoms with Crippen LogP contribution in [0.1, 0.15) is 22.8 Å². The maximum Gasteiger partial charge on any atom is 0.376 e. The van der Waals surface area contributed by atoms with Gasteiger partial charge in [-0.05, 0) is 12.1 Å². The highest BCUT2D eigenvalue weighted by molar-refractivity contribution is 5.88. The zero-order valence-electron chi connectivity index (χ0n) is 15.8. The maximum atomic E-state index is 12.3. The lowest BCUT2D eigenvalue weighted by Crippen LogP contribution is -2.35. The van der Waals surface area contributed by atoms with Gasteiger partial charge in [0.15, 0.2) is 5.76 Å². The van der Waals surface area contributed by atoms with E-state index in [9.17, 15) is 14.7 Å². The average molecular weight is 394 g/mol. The van der Waals surface area contributed by atoms with Crippen LogP contribution in [0, 0.1) is 0 Å². The molecule has 0 saturated carbocycles. The van der Waals surface area contributed by atoms with E-state index in [1.165, 1.54) is 18.2 Å². The molecule has 4 rings (SSSR count). The number of benzene rings is 1. The Hall–Kier alpha value is -3.59. The normalized spacial score (nSPS) is 18.9. The Bertz CT molecular complexity index is 1100. The molecule has 1 saturated heterocycles. The van der Waals surface area contributed by atoms with E-state index in [-0.39, 0.29) is 18.0 Å². The van der Waals surface area contributed by atoms with Gasteiger partial charge in [-0.25, -0.2) is 14.8 Å². The molecule has 1 atom stereocenters. The fourth-order valence-electron chi connectivity index (χ4n) is 3.24. The summed E-state index contributed by atoms with van der Waals surface area (Å²) in [7, 11) is 2.90. The third-order valence-corrected chi connectivity index (χ3v) is 4.90. The Kier molecular flexibility index (Phi) is 4.59. The topological polar surface area (TPSA) is 119 Å². The summed E-state index contributed by atoms with van der Waals surface area (Å²) in [6.07, 6.45) is 1.72. The molecule has 1 N–H and O–H groups in total. The molecule has 1 aliphatic heterocycles. The van der Waals surface area contributed by atoms with Crippen LogP contribution in [0.4, 0.5) is 0 Å². The first kappa shape index (κ1) is 18.8. The molecule has 1 aromatic carbocycles. The van der Waals surface area contributed by atoms with Gasteiger partial charge in [0.25, 0.3) is 5.91 Å². The van der Waals surface area contributed by atoms with Crippen molar-refractivity contribution in [1.82, 2.24) is 20.0 Å². The van der Waals surface area contributed by atoms with Gasteiger partial charge in [-0.15, -0.1) is 0 Å². The van der Waals surface area contributed by atoms with Crippen molar-refractivity contribution in [3.05, 3.63) is 54.2 Å². The Balaban J connectivity index is 1.66. The number of aromatic nitrogens is 3. The van der Waals surface area contributed by atoms with E-state index in [0.717, 1.165) is 5.56 Å². The largest absolute Gasteiger partial charge is 0.463 e. The lowest BCUT2D eigenvalue weighted by atomic mass is 9.98. The van der Waals surface area contributed by atoms with E-state index in [0.29, 0.717) is 23.5 Å². The lowest BCUT2D eigenvalue weighted by Gasteiger charge is -2.16. The summed E-state index contributed by atoms with van der Waals surface area (Å²) in [6.45, 7) is 0.442. The number of carbonyl (C=O) groups is 2. The van der Waals surface area contributed by atoms with Crippen LogP contribution < -0.4 is 0 Å². The second-order valence-electron chi connectivity index (χ2n) is 6.75. The number of likely N-dealkylation sites (tertiary alicyclic amines) is 1. The van der Waals surface area contributed by atoms with Crippen LogP contribution in [0.3, 0.4) is 0 Å². The maximum absolute atomic E-state index is 12.3. The molecule has 1 aliphatic rings. The Morgan fingerprint density at radius 2 is 2.00 bits per heavy atom. The third-order valence-electron chi connectivity index (χ3n) is 4.90. The van der Waals surface area contributed by atoms with Crippen LogP contribution in [0.25, 0.3) is 22.5 Å². The third kappa shape index (κ3) is 3.25. The van der Waals surface area contributed by atoms with Gasteiger partial charge in [0.05, 0.1) is 12.8 Å². The number of ether oxygens (including phenoxy) is 1. The molecule has 148 valence electrons. The van der Waals surface area contributed by atoms with E-state index < -0.39 is 17.5 Å². The van der Waals surface area contributed by atoms with Crippen molar-refractivity contribution in [3.63, 3.8) is 0 Å². The predicted molar refractivity (Wildman–Crippen MR) is 100 cm³/mol. The highest BCUT2D eigenvalue weighted by Gasteiger charge is 2.48. The second-order valence-corrected chi connectivity index (χ2v) is 6.75. The number of hydrogen-bond donors (Lipinski definition) is 1. The molecule has 9 heteroatoms. The van der Waals surface area contributed by atoms with Crippen LogP contribution >= 0.6 is 0 Å². The quantitative estimate of drug-likeness (QED) is 0.664. The minimum atomic E-state index is -1.69.